The Morgan fingerprint density at radius 1 is 1.00 bits per heavy atom. The molecule has 0 fully saturated rings. The maximum Gasteiger partial charge on any atom is 0.116 e. The Bertz CT molecular complexity index is 790. The number of hydrogen-bond donors (Lipinski definition) is 1. The largest absolute Gasteiger partial charge is 0.508 e. The molecule has 0 aliphatic rings. The van der Waals surface area contributed by atoms with Crippen molar-refractivity contribution in [2.75, 3.05) is 0 Å². The molecular weight excluding hydrogens is 246 g/mol. The maximum absolute atomic E-state index is 9.53. The molecule has 0 bridgehead atoms. The van der Waals surface area contributed by atoms with E-state index in [-0.39, 0.29) is 5.75 Å². The summed E-state index contributed by atoms with van der Waals surface area (Å²) in [5, 5.41) is 10.7. The number of rotatable bonds is 2. The summed E-state index contributed by atoms with van der Waals surface area (Å²) in [6.07, 6.45) is 2.03. The Morgan fingerprint density at radius 2 is 1.85 bits per heavy atom. The highest BCUT2D eigenvalue weighted by molar-refractivity contribution is 5.83. The zero-order chi connectivity index (χ0) is 13.9. The molecule has 0 radical (unpaired) electrons. The first-order valence-electron chi connectivity index (χ1n) is 6.56. The van der Waals surface area contributed by atoms with Crippen molar-refractivity contribution in [2.45, 2.75) is 6.92 Å². The van der Waals surface area contributed by atoms with Gasteiger partial charge in [0.2, 0.25) is 0 Å². The number of nitrogens with zero attached hydrogens (tertiary/aromatic N) is 1. The molecule has 0 unspecified atom stereocenters. The molecule has 0 saturated carbocycles. The molecule has 1 heterocycles. The van der Waals surface area contributed by atoms with Crippen molar-refractivity contribution in [3.63, 3.8) is 0 Å². The van der Waals surface area contributed by atoms with Crippen molar-refractivity contribution >= 4 is 22.6 Å². The van der Waals surface area contributed by atoms with Gasteiger partial charge in [0.25, 0.3) is 0 Å². The van der Waals surface area contributed by atoms with Crippen LogP contribution in [0.1, 0.15) is 18.2 Å². The zero-order valence-electron chi connectivity index (χ0n) is 11.2. The molecule has 98 valence electrons. The Morgan fingerprint density at radius 3 is 2.70 bits per heavy atom. The van der Waals surface area contributed by atoms with Crippen LogP contribution in [-0.2, 0) is 0 Å². The van der Waals surface area contributed by atoms with Crippen LogP contribution < -0.4 is 0 Å². The summed E-state index contributed by atoms with van der Waals surface area (Å²) in [6.45, 7) is 2.02. The average molecular weight is 261 g/mol. The Balaban J connectivity index is 2.00. The van der Waals surface area contributed by atoms with Gasteiger partial charge in [-0.1, -0.05) is 36.4 Å². The summed E-state index contributed by atoms with van der Waals surface area (Å²) in [6, 6.07) is 19.4. The van der Waals surface area contributed by atoms with Crippen molar-refractivity contribution in [2.24, 2.45) is 0 Å². The minimum Gasteiger partial charge on any atom is -0.508 e. The van der Waals surface area contributed by atoms with Gasteiger partial charge in [-0.15, -0.1) is 0 Å². The van der Waals surface area contributed by atoms with Crippen molar-refractivity contribution < 1.29 is 5.11 Å². The van der Waals surface area contributed by atoms with Crippen LogP contribution in [0.5, 0.6) is 5.75 Å². The van der Waals surface area contributed by atoms with E-state index in [1.54, 1.807) is 12.1 Å². The number of phenols is 1. The molecule has 0 amide bonds. The number of allylic oxidation sites excluding steroid dienone is 1. The molecular formula is C18H15NO. The van der Waals surface area contributed by atoms with Gasteiger partial charge >= 0.3 is 0 Å². The summed E-state index contributed by atoms with van der Waals surface area (Å²) >= 11 is 0. The molecule has 0 spiro atoms. The number of pyridine rings is 1. The van der Waals surface area contributed by atoms with E-state index in [9.17, 15) is 5.11 Å². The predicted molar refractivity (Wildman–Crippen MR) is 83.4 cm³/mol. The third-order valence-electron chi connectivity index (χ3n) is 3.29. The van der Waals surface area contributed by atoms with Gasteiger partial charge in [-0.3, -0.25) is 0 Å². The van der Waals surface area contributed by atoms with Crippen molar-refractivity contribution in [1.29, 1.82) is 0 Å². The van der Waals surface area contributed by atoms with E-state index < -0.39 is 0 Å². The van der Waals surface area contributed by atoms with Gasteiger partial charge in [-0.2, -0.15) is 0 Å². The van der Waals surface area contributed by atoms with Gasteiger partial charge in [0.1, 0.15) is 5.75 Å². The quantitative estimate of drug-likeness (QED) is 0.736. The molecule has 3 aromatic rings. The first-order valence-corrected chi connectivity index (χ1v) is 6.56. The number of aromatic nitrogens is 1. The summed E-state index contributed by atoms with van der Waals surface area (Å²) in [4.78, 5) is 4.62. The van der Waals surface area contributed by atoms with E-state index in [0.717, 1.165) is 27.7 Å². The van der Waals surface area contributed by atoms with Gasteiger partial charge in [0.05, 0.1) is 11.2 Å². The fourth-order valence-corrected chi connectivity index (χ4v) is 2.22. The van der Waals surface area contributed by atoms with Crippen LogP contribution >= 0.6 is 0 Å². The molecule has 3 rings (SSSR count). The van der Waals surface area contributed by atoms with E-state index in [2.05, 4.69) is 17.1 Å². The summed E-state index contributed by atoms with van der Waals surface area (Å²) in [5.41, 5.74) is 3.98. The van der Waals surface area contributed by atoms with Crippen LogP contribution in [0.3, 0.4) is 0 Å². The van der Waals surface area contributed by atoms with Crippen LogP contribution in [0.15, 0.2) is 60.7 Å². The van der Waals surface area contributed by atoms with E-state index in [1.165, 1.54) is 0 Å². The van der Waals surface area contributed by atoms with Crippen LogP contribution in [0, 0.1) is 0 Å². The van der Waals surface area contributed by atoms with E-state index >= 15 is 0 Å². The lowest BCUT2D eigenvalue weighted by Gasteiger charge is -2.03. The van der Waals surface area contributed by atoms with E-state index in [4.69, 9.17) is 0 Å². The monoisotopic (exact) mass is 261 g/mol. The highest BCUT2D eigenvalue weighted by Gasteiger charge is 1.99. The highest BCUT2D eigenvalue weighted by Crippen LogP contribution is 2.21. The Labute approximate surface area is 118 Å². The maximum atomic E-state index is 9.53. The molecule has 20 heavy (non-hydrogen) atoms. The smallest absolute Gasteiger partial charge is 0.116 e. The van der Waals surface area contributed by atoms with Crippen LogP contribution in [0.25, 0.3) is 22.6 Å². The molecule has 0 aliphatic heterocycles. The minimum atomic E-state index is 0.279. The molecule has 0 aliphatic carbocycles. The molecule has 2 aromatic carbocycles. The lowest BCUT2D eigenvalue weighted by Crippen LogP contribution is -1.85. The van der Waals surface area contributed by atoms with Gasteiger partial charge in [0.15, 0.2) is 0 Å². The van der Waals surface area contributed by atoms with Gasteiger partial charge < -0.3 is 5.11 Å². The zero-order valence-corrected chi connectivity index (χ0v) is 11.2. The molecule has 2 heteroatoms. The second kappa shape index (κ2) is 5.17. The SMILES string of the molecule is CC(=Cc1ccc2ccccc2n1)c1cccc(O)c1. The topological polar surface area (TPSA) is 33.1 Å². The number of para-hydroxylation sites is 1. The average Bonchev–Trinajstić information content (AvgIpc) is 2.47. The Kier molecular flexibility index (Phi) is 3.21. The van der Waals surface area contributed by atoms with E-state index in [1.807, 2.05) is 49.4 Å². The number of hydrogen-bond acceptors (Lipinski definition) is 2. The molecule has 0 atom stereocenters. The van der Waals surface area contributed by atoms with Gasteiger partial charge in [-0.25, -0.2) is 4.98 Å². The Hall–Kier alpha value is -2.61. The van der Waals surface area contributed by atoms with E-state index in [0.29, 0.717) is 0 Å². The lowest BCUT2D eigenvalue weighted by molar-refractivity contribution is 0.475. The second-order valence-corrected chi connectivity index (χ2v) is 4.81. The van der Waals surface area contributed by atoms with Gasteiger partial charge in [0, 0.05) is 5.39 Å². The van der Waals surface area contributed by atoms with Crippen molar-refractivity contribution in [3.05, 3.63) is 71.9 Å². The number of benzene rings is 2. The summed E-state index contributed by atoms with van der Waals surface area (Å²) in [5.74, 6) is 0.279. The third kappa shape index (κ3) is 2.54. The number of phenolic OH excluding ortho intramolecular Hbond substituents is 1. The number of aromatic hydroxyl groups is 1. The van der Waals surface area contributed by atoms with Gasteiger partial charge in [-0.05, 0) is 48.4 Å². The lowest BCUT2D eigenvalue weighted by atomic mass is 10.1. The normalized spacial score (nSPS) is 11.8. The fourth-order valence-electron chi connectivity index (χ4n) is 2.22. The minimum absolute atomic E-state index is 0.279. The summed E-state index contributed by atoms with van der Waals surface area (Å²) in [7, 11) is 0. The first kappa shape index (κ1) is 12.4. The predicted octanol–water partition coefficient (Wildman–Crippen LogP) is 4.50. The molecule has 1 aromatic heterocycles. The van der Waals surface area contributed by atoms with Crippen LogP contribution in [0.2, 0.25) is 0 Å². The fraction of sp³-hybridized carbons (Fsp3) is 0.0556. The molecule has 2 nitrogen and oxygen atoms in total. The second-order valence-electron chi connectivity index (χ2n) is 4.81. The van der Waals surface area contributed by atoms with Crippen LogP contribution in [0.4, 0.5) is 0 Å². The summed E-state index contributed by atoms with van der Waals surface area (Å²) < 4.78 is 0. The van der Waals surface area contributed by atoms with Crippen molar-refractivity contribution in [1.82, 2.24) is 4.98 Å². The standard InChI is InChI=1S/C18H15NO/c1-13(15-6-4-7-17(20)12-15)11-16-10-9-14-5-2-3-8-18(14)19-16/h2-12,20H,1H3. The van der Waals surface area contributed by atoms with Crippen molar-refractivity contribution in [3.8, 4) is 5.75 Å². The number of fused-ring (bicyclic) bond motifs is 1. The highest BCUT2D eigenvalue weighted by atomic mass is 16.3. The molecule has 1 N–H and O–H groups in total. The third-order valence-corrected chi connectivity index (χ3v) is 3.29. The molecule has 0 saturated heterocycles. The van der Waals surface area contributed by atoms with Crippen LogP contribution in [-0.4, -0.2) is 10.1 Å². The first-order chi connectivity index (χ1) is 9.72.